The quantitative estimate of drug-likeness (QED) is 0.535. The van der Waals surface area contributed by atoms with Crippen molar-refractivity contribution >= 4 is 23.2 Å². The van der Waals surface area contributed by atoms with Gasteiger partial charge in [-0.2, -0.15) is 0 Å². The molecule has 2 aromatic rings. The molecule has 1 unspecified atom stereocenters. The molecule has 1 aliphatic heterocycles. The summed E-state index contributed by atoms with van der Waals surface area (Å²) in [6, 6.07) is 12.2. The van der Waals surface area contributed by atoms with Crippen LogP contribution in [0.1, 0.15) is 47.0 Å². The van der Waals surface area contributed by atoms with Crippen LogP contribution in [0.5, 0.6) is 0 Å². The van der Waals surface area contributed by atoms with E-state index in [4.69, 9.17) is 0 Å². The Bertz CT molecular complexity index is 797. The number of carbonyl (C=O) groups excluding carboxylic acids is 1. The van der Waals surface area contributed by atoms with E-state index in [1.165, 1.54) is 11.3 Å². The molecule has 29 heavy (non-hydrogen) atoms. The summed E-state index contributed by atoms with van der Waals surface area (Å²) in [7, 11) is 1.79. The van der Waals surface area contributed by atoms with E-state index in [1.807, 2.05) is 40.5 Å². The van der Waals surface area contributed by atoms with Gasteiger partial charge in [0.25, 0.3) is 5.91 Å². The van der Waals surface area contributed by atoms with E-state index >= 15 is 0 Å². The summed E-state index contributed by atoms with van der Waals surface area (Å²) < 4.78 is 0. The fourth-order valence-electron chi connectivity index (χ4n) is 3.62. The van der Waals surface area contributed by atoms with Crippen LogP contribution in [0, 0.1) is 5.92 Å². The molecule has 3 rings (SSSR count). The molecule has 1 fully saturated rings. The molecule has 1 aliphatic rings. The fraction of sp³-hybridized carbons (Fsp3) is 0.478. The summed E-state index contributed by atoms with van der Waals surface area (Å²) >= 11 is 1.81. The summed E-state index contributed by atoms with van der Waals surface area (Å²) in [4.78, 5) is 20.4. The molecule has 1 aromatic heterocycles. The van der Waals surface area contributed by atoms with Crippen molar-refractivity contribution in [2.75, 3.05) is 26.7 Å². The smallest absolute Gasteiger partial charge is 0.253 e. The Morgan fingerprint density at radius 2 is 2.00 bits per heavy atom. The number of piperidine rings is 1. The van der Waals surface area contributed by atoms with E-state index in [0.29, 0.717) is 12.5 Å². The largest absolute Gasteiger partial charge is 0.356 e. The highest BCUT2D eigenvalue weighted by Gasteiger charge is 2.18. The van der Waals surface area contributed by atoms with E-state index < -0.39 is 0 Å². The number of nitrogens with zero attached hydrogens (tertiary/aromatic N) is 2. The second kappa shape index (κ2) is 11.0. The van der Waals surface area contributed by atoms with Gasteiger partial charge in [-0.25, -0.2) is 0 Å². The lowest BCUT2D eigenvalue weighted by atomic mass is 10.1. The highest BCUT2D eigenvalue weighted by atomic mass is 32.1. The average Bonchev–Trinajstić information content (AvgIpc) is 3.27. The molecule has 1 atom stereocenters. The lowest BCUT2D eigenvalue weighted by molar-refractivity contribution is 0.0724. The first-order chi connectivity index (χ1) is 14.2. The number of aliphatic imine (C=N–C) groups is 1. The Labute approximate surface area is 178 Å². The van der Waals surface area contributed by atoms with E-state index in [0.717, 1.165) is 56.0 Å². The summed E-state index contributed by atoms with van der Waals surface area (Å²) in [6.07, 6.45) is 4.52. The van der Waals surface area contributed by atoms with Crippen molar-refractivity contribution in [3.8, 4) is 0 Å². The predicted octanol–water partition coefficient (Wildman–Crippen LogP) is 3.92. The SMILES string of the molecule is CN=C(NCc1cccc(C(=O)N2CCCCC2)c1)NCC(C)Cc1cccs1. The number of likely N-dealkylation sites (tertiary alicyclic amines) is 1. The van der Waals surface area contributed by atoms with Gasteiger partial charge >= 0.3 is 0 Å². The molecule has 6 heteroatoms. The fourth-order valence-corrected chi connectivity index (χ4v) is 4.49. The third-order valence-corrected chi connectivity index (χ3v) is 6.15. The van der Waals surface area contributed by atoms with Crippen molar-refractivity contribution in [3.05, 3.63) is 57.8 Å². The minimum Gasteiger partial charge on any atom is -0.356 e. The van der Waals surface area contributed by atoms with Crippen LogP contribution < -0.4 is 10.6 Å². The predicted molar refractivity (Wildman–Crippen MR) is 122 cm³/mol. The third-order valence-electron chi connectivity index (χ3n) is 5.25. The Morgan fingerprint density at radius 1 is 1.17 bits per heavy atom. The first-order valence-electron chi connectivity index (χ1n) is 10.5. The second-order valence-electron chi connectivity index (χ2n) is 7.75. The molecule has 0 aliphatic carbocycles. The number of hydrogen-bond acceptors (Lipinski definition) is 3. The first-order valence-corrected chi connectivity index (χ1v) is 11.4. The number of thiophene rings is 1. The minimum atomic E-state index is 0.149. The van der Waals surface area contributed by atoms with Gasteiger partial charge in [0.2, 0.25) is 0 Å². The number of benzene rings is 1. The maximum absolute atomic E-state index is 12.7. The number of guanidine groups is 1. The molecule has 0 radical (unpaired) electrons. The van der Waals surface area contributed by atoms with Crippen LogP contribution >= 0.6 is 11.3 Å². The van der Waals surface area contributed by atoms with Crippen molar-refractivity contribution in [1.29, 1.82) is 0 Å². The zero-order valence-corrected chi connectivity index (χ0v) is 18.3. The molecular weight excluding hydrogens is 380 g/mol. The van der Waals surface area contributed by atoms with Gasteiger partial charge in [0.15, 0.2) is 5.96 Å². The third kappa shape index (κ3) is 6.60. The van der Waals surface area contributed by atoms with Gasteiger partial charge in [0, 0.05) is 43.7 Å². The lowest BCUT2D eigenvalue weighted by Crippen LogP contribution is -2.39. The Balaban J connectivity index is 1.48. The maximum Gasteiger partial charge on any atom is 0.253 e. The summed E-state index contributed by atoms with van der Waals surface area (Å²) in [6.45, 7) is 5.50. The van der Waals surface area contributed by atoms with E-state index in [-0.39, 0.29) is 5.91 Å². The van der Waals surface area contributed by atoms with Crippen LogP contribution in [-0.4, -0.2) is 43.4 Å². The highest BCUT2D eigenvalue weighted by molar-refractivity contribution is 7.09. The first kappa shape index (κ1) is 21.4. The Hall–Kier alpha value is -2.34. The van der Waals surface area contributed by atoms with Gasteiger partial charge in [0.1, 0.15) is 0 Å². The van der Waals surface area contributed by atoms with E-state index in [2.05, 4.69) is 40.1 Å². The normalized spacial score (nSPS) is 15.8. The van der Waals surface area contributed by atoms with Crippen molar-refractivity contribution in [1.82, 2.24) is 15.5 Å². The molecular formula is C23H32N4OS. The lowest BCUT2D eigenvalue weighted by Gasteiger charge is -2.26. The number of hydrogen-bond donors (Lipinski definition) is 2. The van der Waals surface area contributed by atoms with Crippen LogP contribution in [0.3, 0.4) is 0 Å². The van der Waals surface area contributed by atoms with Gasteiger partial charge in [0.05, 0.1) is 0 Å². The van der Waals surface area contributed by atoms with Gasteiger partial charge in [-0.15, -0.1) is 11.3 Å². The molecule has 0 spiro atoms. The highest BCUT2D eigenvalue weighted by Crippen LogP contribution is 2.15. The van der Waals surface area contributed by atoms with Crippen molar-refractivity contribution in [2.45, 2.75) is 39.2 Å². The van der Waals surface area contributed by atoms with Crippen LogP contribution in [0.2, 0.25) is 0 Å². The number of amides is 1. The van der Waals surface area contributed by atoms with E-state index in [1.54, 1.807) is 7.05 Å². The Kier molecular flexibility index (Phi) is 8.11. The summed E-state index contributed by atoms with van der Waals surface area (Å²) in [5.41, 5.74) is 1.86. The van der Waals surface area contributed by atoms with Gasteiger partial charge in [-0.05, 0) is 60.7 Å². The zero-order valence-electron chi connectivity index (χ0n) is 17.5. The van der Waals surface area contributed by atoms with Gasteiger partial charge in [-0.3, -0.25) is 9.79 Å². The summed E-state index contributed by atoms with van der Waals surface area (Å²) in [5, 5.41) is 8.90. The molecule has 156 valence electrons. The molecule has 2 N–H and O–H groups in total. The molecule has 5 nitrogen and oxygen atoms in total. The second-order valence-corrected chi connectivity index (χ2v) is 8.78. The topological polar surface area (TPSA) is 56.7 Å². The molecule has 2 heterocycles. The standard InChI is InChI=1S/C23H32N4OS/c1-18(14-21-10-7-13-29-21)16-25-23(24-2)26-17-19-8-6-9-20(15-19)22(28)27-11-4-3-5-12-27/h6-10,13,15,18H,3-5,11-12,14,16-17H2,1-2H3,(H2,24,25,26). The van der Waals surface area contributed by atoms with Crippen molar-refractivity contribution < 1.29 is 4.79 Å². The van der Waals surface area contributed by atoms with Crippen LogP contribution in [-0.2, 0) is 13.0 Å². The number of carbonyl (C=O) groups is 1. The van der Waals surface area contributed by atoms with Crippen LogP contribution in [0.25, 0.3) is 0 Å². The minimum absolute atomic E-state index is 0.149. The number of rotatable bonds is 7. The van der Waals surface area contributed by atoms with Crippen molar-refractivity contribution in [3.63, 3.8) is 0 Å². The summed E-state index contributed by atoms with van der Waals surface area (Å²) in [5.74, 6) is 1.46. The maximum atomic E-state index is 12.7. The average molecular weight is 413 g/mol. The molecule has 0 bridgehead atoms. The molecule has 1 saturated heterocycles. The van der Waals surface area contributed by atoms with Gasteiger partial charge in [-0.1, -0.05) is 25.1 Å². The Morgan fingerprint density at radius 3 is 2.72 bits per heavy atom. The van der Waals surface area contributed by atoms with Crippen molar-refractivity contribution in [2.24, 2.45) is 10.9 Å². The van der Waals surface area contributed by atoms with Crippen LogP contribution in [0.15, 0.2) is 46.8 Å². The monoisotopic (exact) mass is 412 g/mol. The molecule has 1 aromatic carbocycles. The molecule has 1 amide bonds. The van der Waals surface area contributed by atoms with E-state index in [9.17, 15) is 4.79 Å². The van der Waals surface area contributed by atoms with Gasteiger partial charge < -0.3 is 15.5 Å². The zero-order chi connectivity index (χ0) is 20.5. The number of nitrogens with one attached hydrogen (secondary N) is 2. The molecule has 0 saturated carbocycles. The van der Waals surface area contributed by atoms with Crippen LogP contribution in [0.4, 0.5) is 0 Å².